The van der Waals surface area contributed by atoms with Crippen LogP contribution < -0.4 is 9.47 Å². The minimum atomic E-state index is -10.1. The molecule has 0 spiro atoms. The number of ether oxygens (including phenoxy) is 2. The van der Waals surface area contributed by atoms with Crippen LogP contribution in [0.1, 0.15) is 0 Å². The Kier molecular flexibility index (Phi) is 3.96. The van der Waals surface area contributed by atoms with E-state index in [1.165, 1.54) is 62.8 Å². The van der Waals surface area contributed by atoms with E-state index >= 15 is 0 Å². The highest BCUT2D eigenvalue weighted by Gasteiger charge is 2.70. The van der Waals surface area contributed by atoms with Gasteiger partial charge in [0.05, 0.1) is 14.2 Å². The second kappa shape index (κ2) is 5.62. The van der Waals surface area contributed by atoms with Crippen molar-refractivity contribution in [2.75, 3.05) is 14.2 Å². The Bertz CT molecular complexity index is 903. The molecule has 2 aromatic carbocycles. The molecule has 3 aromatic rings. The monoisotopic (exact) mass is 407 g/mol. The van der Waals surface area contributed by atoms with E-state index < -0.39 is 26.6 Å². The third-order valence-electron chi connectivity index (χ3n) is 3.75. The van der Waals surface area contributed by atoms with Crippen molar-refractivity contribution < 1.29 is 33.4 Å². The molecule has 0 bridgehead atoms. The third kappa shape index (κ3) is 3.85. The average molecular weight is 407 g/mol. The molecule has 3 rings (SSSR count). The van der Waals surface area contributed by atoms with E-state index in [0.29, 0.717) is 11.5 Å². The Labute approximate surface area is 151 Å². The lowest BCUT2D eigenvalue weighted by molar-refractivity contribution is 0.362. The van der Waals surface area contributed by atoms with E-state index in [0.717, 1.165) is 0 Å². The number of hydrogen-bond acceptors (Lipinski definition) is 4. The zero-order valence-corrected chi connectivity index (χ0v) is 14.9. The molecule has 0 aliphatic heterocycles. The van der Waals surface area contributed by atoms with Gasteiger partial charge in [-0.15, -0.1) is 0 Å². The molecular weight excluding hydrogens is 393 g/mol. The largest absolute Gasteiger partial charge is 0.497 e. The van der Waals surface area contributed by atoms with Crippen LogP contribution in [0.25, 0.3) is 22.6 Å². The number of hydrogen-bond donors (Lipinski definition) is 0. The van der Waals surface area contributed by atoms with E-state index in [-0.39, 0.29) is 11.1 Å². The highest BCUT2D eigenvalue weighted by molar-refractivity contribution is 8.46. The Morgan fingerprint density at radius 2 is 1.19 bits per heavy atom. The maximum Gasteiger partial charge on any atom is 0.316 e. The molecule has 1 aromatic heterocycles. The molecule has 0 amide bonds. The summed E-state index contributed by atoms with van der Waals surface area (Å²) in [6, 6.07) is 10.1. The van der Waals surface area contributed by atoms with E-state index in [9.17, 15) is 19.4 Å². The van der Waals surface area contributed by atoms with Gasteiger partial charge in [-0.3, -0.25) is 0 Å². The summed E-state index contributed by atoms with van der Waals surface area (Å²) in [6.45, 7) is 0. The number of benzene rings is 2. The van der Waals surface area contributed by atoms with Crippen LogP contribution in [0.5, 0.6) is 11.5 Å². The van der Waals surface area contributed by atoms with Gasteiger partial charge in [-0.25, -0.2) is 0 Å². The lowest BCUT2D eigenvalue weighted by atomic mass is 10.1. The molecule has 10 heteroatoms. The third-order valence-corrected chi connectivity index (χ3v) is 4.90. The first-order valence-corrected chi connectivity index (χ1v) is 9.40. The SMILES string of the molecule is COc1ccc(-c2noc(-c3ccc(OC)cc3)c2S(F)(F)(F)(F)F)cc1. The van der Waals surface area contributed by atoms with Gasteiger partial charge in [0.2, 0.25) is 0 Å². The Morgan fingerprint density at radius 3 is 1.59 bits per heavy atom. The number of methoxy groups -OCH3 is 2. The van der Waals surface area contributed by atoms with Crippen molar-refractivity contribution in [2.24, 2.45) is 0 Å². The van der Waals surface area contributed by atoms with Gasteiger partial charge in [0.25, 0.3) is 0 Å². The van der Waals surface area contributed by atoms with Gasteiger partial charge in [-0.1, -0.05) is 24.6 Å². The van der Waals surface area contributed by atoms with Crippen molar-refractivity contribution in [1.82, 2.24) is 5.16 Å². The number of rotatable bonds is 5. The van der Waals surface area contributed by atoms with E-state index in [2.05, 4.69) is 5.16 Å². The van der Waals surface area contributed by atoms with E-state index in [1.54, 1.807) is 0 Å². The fourth-order valence-corrected chi connectivity index (χ4v) is 3.52. The van der Waals surface area contributed by atoms with Crippen LogP contribution in [0.3, 0.4) is 0 Å². The summed E-state index contributed by atoms with van der Waals surface area (Å²) in [6.07, 6.45) is 0. The van der Waals surface area contributed by atoms with Crippen LogP contribution in [-0.2, 0) is 0 Å². The fraction of sp³-hybridized carbons (Fsp3) is 0.118. The highest BCUT2D eigenvalue weighted by Crippen LogP contribution is 3.03. The minimum Gasteiger partial charge on any atom is -0.497 e. The van der Waals surface area contributed by atoms with Crippen LogP contribution >= 0.6 is 10.2 Å². The Balaban J connectivity index is 2.25. The molecule has 0 N–H and O–H groups in total. The maximum absolute atomic E-state index is 13.8. The molecule has 0 saturated heterocycles. The molecule has 0 aliphatic carbocycles. The van der Waals surface area contributed by atoms with Crippen LogP contribution in [0.4, 0.5) is 19.4 Å². The predicted octanol–water partition coefficient (Wildman–Crippen LogP) is 6.68. The Morgan fingerprint density at radius 1 is 0.741 bits per heavy atom. The number of nitrogens with zero attached hydrogens (tertiary/aromatic N) is 1. The summed E-state index contributed by atoms with van der Waals surface area (Å²) in [7, 11) is -7.39. The van der Waals surface area contributed by atoms with Gasteiger partial charge in [-0.05, 0) is 48.5 Å². The van der Waals surface area contributed by atoms with Gasteiger partial charge >= 0.3 is 10.2 Å². The molecule has 0 fully saturated rings. The first-order chi connectivity index (χ1) is 12.4. The number of aromatic nitrogens is 1. The second-order valence-corrected chi connectivity index (χ2v) is 7.96. The van der Waals surface area contributed by atoms with Crippen molar-refractivity contribution >= 4 is 10.2 Å². The quantitative estimate of drug-likeness (QED) is 0.443. The summed E-state index contributed by atoms with van der Waals surface area (Å²) < 4.78 is 83.6. The molecule has 4 nitrogen and oxygen atoms in total. The van der Waals surface area contributed by atoms with Crippen LogP contribution in [0.15, 0.2) is 57.9 Å². The highest BCUT2D eigenvalue weighted by atomic mass is 32.5. The predicted molar refractivity (Wildman–Crippen MR) is 91.9 cm³/mol. The molecule has 1 heterocycles. The normalized spacial score (nSPS) is 14.3. The van der Waals surface area contributed by atoms with Crippen LogP contribution in [0, 0.1) is 0 Å². The summed E-state index contributed by atoms with van der Waals surface area (Å²) in [5.74, 6) is -0.350. The average Bonchev–Trinajstić information content (AvgIpc) is 3.07. The van der Waals surface area contributed by atoms with Crippen molar-refractivity contribution in [1.29, 1.82) is 0 Å². The van der Waals surface area contributed by atoms with E-state index in [4.69, 9.17) is 14.0 Å². The minimum absolute atomic E-state index is 0.178. The first-order valence-electron chi connectivity index (χ1n) is 7.45. The van der Waals surface area contributed by atoms with Gasteiger partial charge < -0.3 is 14.0 Å². The van der Waals surface area contributed by atoms with Crippen molar-refractivity contribution in [2.45, 2.75) is 4.90 Å². The number of halogens is 5. The summed E-state index contributed by atoms with van der Waals surface area (Å²) in [4.78, 5) is -2.16. The van der Waals surface area contributed by atoms with Crippen LogP contribution in [0.2, 0.25) is 0 Å². The molecule has 0 aliphatic rings. The summed E-state index contributed by atoms with van der Waals surface area (Å²) >= 11 is 0. The lowest BCUT2D eigenvalue weighted by Crippen LogP contribution is -2.08. The lowest BCUT2D eigenvalue weighted by Gasteiger charge is -2.40. The zero-order chi connectivity index (χ0) is 19.9. The maximum atomic E-state index is 13.8. The smallest absolute Gasteiger partial charge is 0.316 e. The Hall–Kier alpha value is -2.75. The zero-order valence-electron chi connectivity index (χ0n) is 14.1. The molecular formula is C17H14F5NO3S. The summed E-state index contributed by atoms with van der Waals surface area (Å²) in [5, 5.41) is 3.30. The standard InChI is InChI=1S/C17H14F5NO3S/c1-24-13-7-3-11(4-8-13)15-17(27(18,19,20,21)22)16(26-23-15)12-5-9-14(25-2)10-6-12/h3-10H,1-2H3. The van der Waals surface area contributed by atoms with Gasteiger partial charge in [0.15, 0.2) is 10.7 Å². The topological polar surface area (TPSA) is 44.5 Å². The molecule has 0 radical (unpaired) electrons. The van der Waals surface area contributed by atoms with Crippen molar-refractivity contribution in [3.63, 3.8) is 0 Å². The fourth-order valence-electron chi connectivity index (χ4n) is 2.50. The van der Waals surface area contributed by atoms with E-state index in [1.807, 2.05) is 0 Å². The molecule has 0 saturated carbocycles. The van der Waals surface area contributed by atoms with Gasteiger partial charge in [0, 0.05) is 11.1 Å². The summed E-state index contributed by atoms with van der Waals surface area (Å²) in [5.41, 5.74) is -1.36. The van der Waals surface area contributed by atoms with Crippen molar-refractivity contribution in [3.8, 4) is 34.1 Å². The molecule has 146 valence electrons. The first kappa shape index (κ1) is 19.0. The van der Waals surface area contributed by atoms with Crippen LogP contribution in [-0.4, -0.2) is 19.4 Å². The van der Waals surface area contributed by atoms with Crippen molar-refractivity contribution in [3.05, 3.63) is 48.5 Å². The molecule has 0 unspecified atom stereocenters. The molecule has 27 heavy (non-hydrogen) atoms. The van der Waals surface area contributed by atoms with Gasteiger partial charge in [-0.2, -0.15) is 0 Å². The molecule has 0 atom stereocenters. The second-order valence-electron chi connectivity index (χ2n) is 5.62. The van der Waals surface area contributed by atoms with Gasteiger partial charge in [0.1, 0.15) is 17.2 Å².